The number of alkyl halides is 1. The van der Waals surface area contributed by atoms with Crippen LogP contribution in [0.4, 0.5) is 4.39 Å². The standard InChI is InChI=1S/C22H25FN4O5S/c1-13(28)10-27-18-8-16(21(29)25-22(3)11-33(30,31)12-22)9-24-20(18)19(26-27)15-5-4-6-17(7-15)32-14(2)23/h4-9,13-14,28H,10-12H2,1-3H3,(H,25,29)/t13-,14?/m1/s1. The first kappa shape index (κ1) is 23.1. The zero-order valence-electron chi connectivity index (χ0n) is 18.4. The monoisotopic (exact) mass is 476 g/mol. The Morgan fingerprint density at radius 3 is 2.70 bits per heavy atom. The highest BCUT2D eigenvalue weighted by molar-refractivity contribution is 7.93. The maximum Gasteiger partial charge on any atom is 0.253 e. The molecule has 0 bridgehead atoms. The predicted octanol–water partition coefficient (Wildman–Crippen LogP) is 2.09. The average molecular weight is 477 g/mol. The van der Waals surface area contributed by atoms with Crippen LogP contribution >= 0.6 is 0 Å². The summed E-state index contributed by atoms with van der Waals surface area (Å²) in [5.74, 6) is -0.330. The second-order valence-electron chi connectivity index (χ2n) is 8.71. The lowest BCUT2D eigenvalue weighted by molar-refractivity contribution is 0.0860. The SMILES string of the molecule is CC(F)Oc1cccc(-c2nn(C[C@@H](C)O)c3cc(C(=O)NC4(C)CS(=O)(=O)C4)cnc23)c1. The number of sulfone groups is 1. The summed E-state index contributed by atoms with van der Waals surface area (Å²) in [5, 5.41) is 17.3. The molecule has 176 valence electrons. The fraction of sp³-hybridized carbons (Fsp3) is 0.409. The summed E-state index contributed by atoms with van der Waals surface area (Å²) >= 11 is 0. The third kappa shape index (κ3) is 4.98. The van der Waals surface area contributed by atoms with Gasteiger partial charge in [-0.1, -0.05) is 12.1 Å². The number of aromatic nitrogens is 3. The fourth-order valence-corrected chi connectivity index (χ4v) is 6.01. The van der Waals surface area contributed by atoms with Gasteiger partial charge in [-0.15, -0.1) is 0 Å². The number of hydrogen-bond acceptors (Lipinski definition) is 7. The van der Waals surface area contributed by atoms with E-state index < -0.39 is 33.7 Å². The zero-order chi connectivity index (χ0) is 24.0. The van der Waals surface area contributed by atoms with Gasteiger partial charge in [-0.3, -0.25) is 14.5 Å². The van der Waals surface area contributed by atoms with Gasteiger partial charge in [-0.05, 0) is 32.0 Å². The lowest BCUT2D eigenvalue weighted by atomic mass is 10.1. The number of rotatable bonds is 7. The molecule has 0 saturated carbocycles. The summed E-state index contributed by atoms with van der Waals surface area (Å²) in [4.78, 5) is 17.2. The Hall–Kier alpha value is -3.05. The van der Waals surface area contributed by atoms with E-state index in [0.717, 1.165) is 0 Å². The van der Waals surface area contributed by atoms with Crippen molar-refractivity contribution in [2.75, 3.05) is 11.5 Å². The van der Waals surface area contributed by atoms with Crippen LogP contribution in [-0.2, 0) is 16.4 Å². The molecule has 33 heavy (non-hydrogen) atoms. The van der Waals surface area contributed by atoms with E-state index in [0.29, 0.717) is 28.0 Å². The number of ether oxygens (including phenoxy) is 1. The quantitative estimate of drug-likeness (QED) is 0.535. The molecular formula is C22H25FN4O5S. The smallest absolute Gasteiger partial charge is 0.253 e. The van der Waals surface area contributed by atoms with Crippen LogP contribution in [0.5, 0.6) is 5.75 Å². The molecule has 2 atom stereocenters. The molecule has 1 aliphatic rings. The summed E-state index contributed by atoms with van der Waals surface area (Å²) in [6, 6.07) is 8.37. The van der Waals surface area contributed by atoms with Gasteiger partial charge in [0.25, 0.3) is 5.91 Å². The van der Waals surface area contributed by atoms with Crippen molar-refractivity contribution in [3.05, 3.63) is 42.1 Å². The van der Waals surface area contributed by atoms with Gasteiger partial charge in [-0.2, -0.15) is 5.10 Å². The van der Waals surface area contributed by atoms with Gasteiger partial charge in [0.15, 0.2) is 9.84 Å². The summed E-state index contributed by atoms with van der Waals surface area (Å²) in [7, 11) is -3.12. The molecular weight excluding hydrogens is 451 g/mol. The van der Waals surface area contributed by atoms with Gasteiger partial charge in [0, 0.05) is 18.7 Å². The van der Waals surface area contributed by atoms with Crippen molar-refractivity contribution in [2.24, 2.45) is 0 Å². The fourth-order valence-electron chi connectivity index (χ4n) is 4.01. The van der Waals surface area contributed by atoms with Crippen LogP contribution in [0.2, 0.25) is 0 Å². The highest BCUT2D eigenvalue weighted by Gasteiger charge is 2.45. The van der Waals surface area contributed by atoms with Crippen molar-refractivity contribution in [2.45, 2.75) is 45.3 Å². The Labute approximate surface area is 190 Å². The topological polar surface area (TPSA) is 123 Å². The molecule has 1 aliphatic heterocycles. The number of nitrogens with zero attached hydrogens (tertiary/aromatic N) is 3. The molecule has 1 saturated heterocycles. The van der Waals surface area contributed by atoms with Crippen molar-refractivity contribution >= 4 is 26.8 Å². The average Bonchev–Trinajstić information content (AvgIpc) is 3.03. The summed E-state index contributed by atoms with van der Waals surface area (Å²) in [6.07, 6.45) is -0.785. The number of hydrogen-bond donors (Lipinski definition) is 2. The highest BCUT2D eigenvalue weighted by atomic mass is 32.2. The minimum atomic E-state index is -3.12. The van der Waals surface area contributed by atoms with Crippen molar-refractivity contribution in [3.63, 3.8) is 0 Å². The molecule has 0 spiro atoms. The van der Waals surface area contributed by atoms with Gasteiger partial charge in [0.05, 0.1) is 40.8 Å². The first-order chi connectivity index (χ1) is 15.4. The van der Waals surface area contributed by atoms with Crippen molar-refractivity contribution in [1.82, 2.24) is 20.1 Å². The molecule has 1 aromatic carbocycles. The predicted molar refractivity (Wildman–Crippen MR) is 120 cm³/mol. The van der Waals surface area contributed by atoms with Crippen LogP contribution in [0.25, 0.3) is 22.3 Å². The number of amides is 1. The van der Waals surface area contributed by atoms with Gasteiger partial charge in [0.2, 0.25) is 6.36 Å². The van der Waals surface area contributed by atoms with Crippen molar-refractivity contribution in [1.29, 1.82) is 0 Å². The number of fused-ring (bicyclic) bond motifs is 1. The lowest BCUT2D eigenvalue weighted by Crippen LogP contribution is -2.63. The molecule has 2 N–H and O–H groups in total. The second kappa shape index (κ2) is 8.38. The molecule has 1 fully saturated rings. The summed E-state index contributed by atoms with van der Waals surface area (Å²) in [5.41, 5.74) is 1.58. The highest BCUT2D eigenvalue weighted by Crippen LogP contribution is 2.30. The van der Waals surface area contributed by atoms with E-state index in [4.69, 9.17) is 4.74 Å². The molecule has 4 rings (SSSR count). The molecule has 0 radical (unpaired) electrons. The van der Waals surface area contributed by atoms with E-state index >= 15 is 0 Å². The van der Waals surface area contributed by atoms with Gasteiger partial charge >= 0.3 is 0 Å². The zero-order valence-corrected chi connectivity index (χ0v) is 19.3. The van der Waals surface area contributed by atoms with Crippen LogP contribution in [-0.4, -0.2) is 63.7 Å². The number of carbonyl (C=O) groups is 1. The molecule has 11 heteroatoms. The van der Waals surface area contributed by atoms with Gasteiger partial charge in [0.1, 0.15) is 17.0 Å². The third-order valence-electron chi connectivity index (χ3n) is 5.19. The van der Waals surface area contributed by atoms with Crippen LogP contribution in [0.1, 0.15) is 31.1 Å². The van der Waals surface area contributed by atoms with Crippen LogP contribution < -0.4 is 10.1 Å². The molecule has 9 nitrogen and oxygen atoms in total. The second-order valence-corrected chi connectivity index (χ2v) is 10.8. The number of nitrogens with one attached hydrogen (secondary N) is 1. The van der Waals surface area contributed by atoms with E-state index in [2.05, 4.69) is 15.4 Å². The first-order valence-electron chi connectivity index (χ1n) is 10.4. The third-order valence-corrected chi connectivity index (χ3v) is 7.34. The number of halogens is 1. The molecule has 3 aromatic rings. The molecule has 1 amide bonds. The molecule has 3 heterocycles. The van der Waals surface area contributed by atoms with Crippen LogP contribution in [0.15, 0.2) is 36.5 Å². The van der Waals surface area contributed by atoms with E-state index in [9.17, 15) is 22.7 Å². The minimum Gasteiger partial charge on any atom is -0.461 e. The lowest BCUT2D eigenvalue weighted by Gasteiger charge is -2.38. The van der Waals surface area contributed by atoms with E-state index in [-0.39, 0.29) is 23.6 Å². The van der Waals surface area contributed by atoms with Crippen LogP contribution in [0.3, 0.4) is 0 Å². The normalized spacial score (nSPS) is 18.3. The van der Waals surface area contributed by atoms with E-state index in [1.807, 2.05) is 0 Å². The molecule has 2 aromatic heterocycles. The summed E-state index contributed by atoms with van der Waals surface area (Å²) < 4.78 is 43.0. The van der Waals surface area contributed by atoms with Gasteiger partial charge in [-0.25, -0.2) is 12.8 Å². The first-order valence-corrected chi connectivity index (χ1v) is 12.3. The van der Waals surface area contributed by atoms with E-state index in [1.165, 1.54) is 13.1 Å². The number of benzene rings is 1. The number of aliphatic hydroxyl groups is 1. The van der Waals surface area contributed by atoms with E-state index in [1.54, 1.807) is 48.9 Å². The molecule has 0 aliphatic carbocycles. The number of pyridine rings is 1. The number of carbonyl (C=O) groups excluding carboxylic acids is 1. The van der Waals surface area contributed by atoms with Crippen LogP contribution in [0, 0.1) is 0 Å². The Morgan fingerprint density at radius 2 is 2.06 bits per heavy atom. The Morgan fingerprint density at radius 1 is 1.33 bits per heavy atom. The Kier molecular flexibility index (Phi) is 5.87. The maximum absolute atomic E-state index is 13.3. The van der Waals surface area contributed by atoms with Gasteiger partial charge < -0.3 is 15.2 Å². The number of aliphatic hydroxyl groups excluding tert-OH is 1. The van der Waals surface area contributed by atoms with Crippen molar-refractivity contribution < 1.29 is 27.4 Å². The largest absolute Gasteiger partial charge is 0.461 e. The van der Waals surface area contributed by atoms with Crippen molar-refractivity contribution in [3.8, 4) is 17.0 Å². The summed E-state index contributed by atoms with van der Waals surface area (Å²) in [6.45, 7) is 4.75. The molecule has 1 unspecified atom stereocenters. The Bertz CT molecular complexity index is 1310. The minimum absolute atomic E-state index is 0.110. The Balaban J connectivity index is 1.71. The maximum atomic E-state index is 13.3.